The van der Waals surface area contributed by atoms with E-state index in [1.807, 2.05) is 62.6 Å². The Morgan fingerprint density at radius 3 is 2.42 bits per heavy atom. The zero-order valence-electron chi connectivity index (χ0n) is 38.6. The van der Waals surface area contributed by atoms with Gasteiger partial charge in [-0.3, -0.25) is 19.1 Å². The third kappa shape index (κ3) is 9.23. The monoisotopic (exact) mass is 924 g/mol. The average Bonchev–Trinajstić information content (AvgIpc) is 4.24. The first-order chi connectivity index (χ1) is 31.6. The van der Waals surface area contributed by atoms with Crippen LogP contribution in [0.15, 0.2) is 61.2 Å². The highest BCUT2D eigenvalue weighted by atomic mass is 32.2. The van der Waals surface area contributed by atoms with Crippen LogP contribution in [0.25, 0.3) is 10.9 Å². The van der Waals surface area contributed by atoms with Crippen LogP contribution in [0.5, 0.6) is 11.6 Å². The van der Waals surface area contributed by atoms with Crippen LogP contribution in [0.3, 0.4) is 0 Å². The highest BCUT2D eigenvalue weighted by Gasteiger charge is 2.63. The molecule has 1 saturated heterocycles. The molecular weight excluding hydrogens is 861 g/mol. The fraction of sp³-hybridized carbons (Fsp3) is 0.580. The van der Waals surface area contributed by atoms with Gasteiger partial charge in [0.05, 0.1) is 29.0 Å². The van der Waals surface area contributed by atoms with Crippen molar-refractivity contribution in [3.8, 4) is 11.6 Å². The van der Waals surface area contributed by atoms with Gasteiger partial charge in [0.25, 0.3) is 5.91 Å². The molecule has 2 aromatic carbocycles. The van der Waals surface area contributed by atoms with Crippen LogP contribution in [0.4, 0.5) is 4.79 Å². The number of sulfonamides is 1. The molecule has 4 fully saturated rings. The van der Waals surface area contributed by atoms with Crippen LogP contribution in [0.1, 0.15) is 101 Å². The largest absolute Gasteiger partial charge is 0.492 e. The Kier molecular flexibility index (Phi) is 12.6. The number of hydrogen-bond donors (Lipinski definition) is 3. The van der Waals surface area contributed by atoms with E-state index in [1.165, 1.54) is 11.0 Å². The van der Waals surface area contributed by atoms with Gasteiger partial charge in [-0.05, 0) is 120 Å². The van der Waals surface area contributed by atoms with Crippen molar-refractivity contribution in [2.45, 2.75) is 131 Å². The summed E-state index contributed by atoms with van der Waals surface area (Å²) in [5, 5.41) is 6.75. The first-order valence-electron chi connectivity index (χ1n) is 23.8. The molecule has 9 rings (SSSR count). The summed E-state index contributed by atoms with van der Waals surface area (Å²) in [7, 11) is 0.0320. The number of nitrogens with one attached hydrogen (secondary N) is 3. The van der Waals surface area contributed by atoms with Crippen LogP contribution in [-0.2, 0) is 42.0 Å². The van der Waals surface area contributed by atoms with E-state index < -0.39 is 68.2 Å². The number of fused-ring (bicyclic) bond motifs is 6. The van der Waals surface area contributed by atoms with Gasteiger partial charge in [-0.25, -0.2) is 18.2 Å². The maximum absolute atomic E-state index is 15.4. The van der Waals surface area contributed by atoms with Crippen LogP contribution in [0.2, 0.25) is 0 Å². The lowest BCUT2D eigenvalue weighted by Crippen LogP contribution is -2.59. The lowest BCUT2D eigenvalue weighted by molar-refractivity contribution is -0.142. The predicted octanol–water partition coefficient (Wildman–Crippen LogP) is 5.55. The molecule has 6 aliphatic rings. The van der Waals surface area contributed by atoms with Crippen molar-refractivity contribution in [1.82, 2.24) is 30.1 Å². The molecule has 354 valence electrons. The van der Waals surface area contributed by atoms with Crippen molar-refractivity contribution >= 4 is 44.7 Å². The number of amides is 4. The summed E-state index contributed by atoms with van der Waals surface area (Å²) in [6.45, 7) is 8.90. The number of rotatable bonds is 12. The summed E-state index contributed by atoms with van der Waals surface area (Å²) in [6, 6.07) is 13.6. The van der Waals surface area contributed by atoms with Gasteiger partial charge in [-0.15, -0.1) is 6.58 Å². The Morgan fingerprint density at radius 2 is 1.73 bits per heavy atom. The molecule has 0 spiro atoms. The second-order valence-corrected chi connectivity index (χ2v) is 22.4. The van der Waals surface area contributed by atoms with Crippen molar-refractivity contribution in [2.24, 2.45) is 17.8 Å². The van der Waals surface area contributed by atoms with Crippen molar-refractivity contribution in [1.29, 1.82) is 0 Å². The maximum Gasteiger partial charge on any atom is 0.408 e. The summed E-state index contributed by atoms with van der Waals surface area (Å²) in [5.74, 6) is -1.57. The summed E-state index contributed by atoms with van der Waals surface area (Å²) in [6.07, 6.45) is 7.08. The molecule has 66 heavy (non-hydrogen) atoms. The quantitative estimate of drug-likeness (QED) is 0.153. The van der Waals surface area contributed by atoms with E-state index in [4.69, 9.17) is 19.2 Å². The number of hydrogen-bond acceptors (Lipinski definition) is 11. The molecule has 3 N–H and O–H groups in total. The minimum atomic E-state index is -4.03. The summed E-state index contributed by atoms with van der Waals surface area (Å²) < 4.78 is 47.4. The Balaban J connectivity index is 1.08. The maximum atomic E-state index is 15.4. The third-order valence-electron chi connectivity index (χ3n) is 15.0. The second-order valence-electron chi connectivity index (χ2n) is 20.2. The van der Waals surface area contributed by atoms with Crippen LogP contribution in [0, 0.1) is 17.8 Å². The summed E-state index contributed by atoms with van der Waals surface area (Å²) in [5.41, 5.74) is 2.09. The number of benzene rings is 2. The Hall–Kier alpha value is -5.22. The third-order valence-corrected chi connectivity index (χ3v) is 17.2. The number of carbonyl (C=O) groups excluding carboxylic acids is 4. The highest BCUT2D eigenvalue weighted by molar-refractivity contribution is 7.91. The number of ether oxygens (including phenoxy) is 3. The Bertz CT molecular complexity index is 2490. The van der Waals surface area contributed by atoms with E-state index >= 15 is 4.79 Å². The molecule has 1 aromatic heterocycles. The fourth-order valence-corrected chi connectivity index (χ4v) is 11.7. The van der Waals surface area contributed by atoms with Gasteiger partial charge in [0.1, 0.15) is 35.6 Å². The molecule has 3 aromatic rings. The first-order valence-corrected chi connectivity index (χ1v) is 25.3. The molecule has 3 saturated carbocycles. The van der Waals surface area contributed by atoms with Gasteiger partial charge in [0, 0.05) is 24.3 Å². The van der Waals surface area contributed by atoms with Crippen molar-refractivity contribution in [2.75, 3.05) is 33.8 Å². The molecule has 3 heterocycles. The van der Waals surface area contributed by atoms with E-state index in [-0.39, 0.29) is 43.2 Å². The van der Waals surface area contributed by atoms with Crippen molar-refractivity contribution in [3.05, 3.63) is 77.9 Å². The highest BCUT2D eigenvalue weighted by Crippen LogP contribution is 2.48. The molecule has 2 bridgehead atoms. The lowest BCUT2D eigenvalue weighted by atomic mass is 9.93. The van der Waals surface area contributed by atoms with E-state index in [1.54, 1.807) is 6.92 Å². The zero-order valence-corrected chi connectivity index (χ0v) is 39.4. The minimum absolute atomic E-state index is 0.0254. The fourth-order valence-electron chi connectivity index (χ4n) is 10.4. The van der Waals surface area contributed by atoms with Crippen LogP contribution < -0.4 is 24.8 Å². The van der Waals surface area contributed by atoms with Crippen molar-refractivity contribution < 1.29 is 41.8 Å². The van der Waals surface area contributed by atoms with Gasteiger partial charge >= 0.3 is 6.09 Å². The number of pyridine rings is 1. The molecule has 1 unspecified atom stereocenters. The van der Waals surface area contributed by atoms with Crippen LogP contribution in [-0.4, -0.2) is 115 Å². The van der Waals surface area contributed by atoms with Crippen molar-refractivity contribution in [3.63, 3.8) is 0 Å². The number of alkyl carbamates (subject to hydrolysis) is 1. The Labute approximate surface area is 387 Å². The molecule has 15 nitrogen and oxygen atoms in total. The van der Waals surface area contributed by atoms with Gasteiger partial charge in [0.2, 0.25) is 27.7 Å². The molecular formula is C50H64N6O9S. The minimum Gasteiger partial charge on any atom is -0.492 e. The predicted molar refractivity (Wildman–Crippen MR) is 248 cm³/mol. The second kappa shape index (κ2) is 18.1. The summed E-state index contributed by atoms with van der Waals surface area (Å²) >= 11 is 0. The van der Waals surface area contributed by atoms with Gasteiger partial charge in [-0.2, -0.15) is 0 Å². The van der Waals surface area contributed by atoms with Crippen LogP contribution >= 0.6 is 0 Å². The topological polar surface area (TPSA) is 186 Å². The standard InChI is InChI=1S/C50H64N6O9S/c1-6-35-28-50(35,47(59)54-66(61,62)49(3)20-21-49)53-44(57)39-27-36-29-56(39)46(58)42(34-24-31-15-9-10-16-32(31)25-34)52-48(60)65-40-26-33(40)17-8-7-14-30(2)41-43(63-23-13-22-55(4)5)37-18-11-12-19-38(37)51-45(41)64-36/h6,9-12,15-16,18-19,30,33-36,39-40,42H,1,7-8,13-14,17,20-29H2,2-5H3,(H,52,60)(H,53,57)(H,54,59)/t30-,33+,35?,36+,39-,40+,42-,50+/m0/s1. The lowest BCUT2D eigenvalue weighted by Gasteiger charge is -2.32. The molecule has 4 amide bonds. The van der Waals surface area contributed by atoms with Gasteiger partial charge < -0.3 is 34.6 Å². The average molecular weight is 925 g/mol. The normalized spacial score (nSPS) is 29.5. The van der Waals surface area contributed by atoms with E-state index in [2.05, 4.69) is 33.8 Å². The number of carbonyl (C=O) groups is 4. The van der Waals surface area contributed by atoms with E-state index in [9.17, 15) is 22.8 Å². The summed E-state index contributed by atoms with van der Waals surface area (Å²) in [4.78, 5) is 66.7. The molecule has 0 radical (unpaired) electrons. The van der Waals surface area contributed by atoms with E-state index in [0.717, 1.165) is 67.1 Å². The SMILES string of the molecule is C=CC1C[C@]1(NC(=O)[C@@H]1C[C@@H]2CN1C(=O)[C@H](C1Cc3ccccc3C1)NC(=O)O[C@@H]1C[C@H]1CCCC[C@H](C)c1c(nc3ccccc3c1OCCCN(C)C)O2)C(=O)NS(=O)(=O)C1(C)CC1. The number of para-hydroxylation sites is 1. The van der Waals surface area contributed by atoms with Gasteiger partial charge in [0.15, 0.2) is 0 Å². The van der Waals surface area contributed by atoms with Gasteiger partial charge in [-0.1, -0.05) is 62.2 Å². The first kappa shape index (κ1) is 45.9. The molecule has 16 heteroatoms. The smallest absolute Gasteiger partial charge is 0.408 e. The van der Waals surface area contributed by atoms with E-state index in [0.29, 0.717) is 49.4 Å². The zero-order chi connectivity index (χ0) is 46.5. The molecule has 4 aliphatic carbocycles. The number of nitrogens with zero attached hydrogens (tertiary/aromatic N) is 3. The molecule has 8 atom stereocenters. The number of aromatic nitrogens is 1. The Morgan fingerprint density at radius 1 is 1.02 bits per heavy atom. The molecule has 2 aliphatic heterocycles.